The van der Waals surface area contributed by atoms with Crippen molar-refractivity contribution in [1.29, 1.82) is 0 Å². The quantitative estimate of drug-likeness (QED) is 0.762. The summed E-state index contributed by atoms with van der Waals surface area (Å²) in [6.45, 7) is 0.937. The summed E-state index contributed by atoms with van der Waals surface area (Å²) in [7, 11) is 0. The Bertz CT molecular complexity index is 235. The zero-order valence-corrected chi connectivity index (χ0v) is 8.58. The average molecular weight is 223 g/mol. The van der Waals surface area contributed by atoms with Crippen LogP contribution in [0.15, 0.2) is 0 Å². The van der Waals surface area contributed by atoms with Crippen molar-refractivity contribution in [3.63, 3.8) is 0 Å². The first-order valence-electron chi connectivity index (χ1n) is 4.89. The van der Waals surface area contributed by atoms with E-state index in [-0.39, 0.29) is 26.2 Å². The summed E-state index contributed by atoms with van der Waals surface area (Å²) in [4.78, 5) is 12.2. The van der Waals surface area contributed by atoms with Crippen molar-refractivity contribution >= 4 is 6.09 Å². The van der Waals surface area contributed by atoms with Crippen LogP contribution in [0.5, 0.6) is 0 Å². The number of carbonyl (C=O) groups is 1. The second-order valence-corrected chi connectivity index (χ2v) is 3.69. The highest BCUT2D eigenvalue weighted by Crippen LogP contribution is 2.30. The molecule has 0 spiro atoms. The first-order valence-corrected chi connectivity index (χ1v) is 4.89. The molecule has 88 valence electrons. The predicted molar refractivity (Wildman–Crippen MR) is 48.7 cm³/mol. The Labute approximate surface area is 86.8 Å². The fourth-order valence-corrected chi connectivity index (χ4v) is 1.68. The molecule has 6 heteroatoms. The van der Waals surface area contributed by atoms with Crippen LogP contribution in [0.25, 0.3) is 0 Å². The van der Waals surface area contributed by atoms with Gasteiger partial charge in [0.1, 0.15) is 0 Å². The van der Waals surface area contributed by atoms with E-state index in [1.807, 2.05) is 0 Å². The fraction of sp³-hybridized carbons (Fsp3) is 0.889. The minimum atomic E-state index is -2.93. The molecule has 0 aromatic carbocycles. The van der Waals surface area contributed by atoms with Crippen LogP contribution in [0, 0.1) is 5.92 Å². The Kier molecular flexibility index (Phi) is 3.84. The molecular weight excluding hydrogens is 208 g/mol. The van der Waals surface area contributed by atoms with Gasteiger partial charge in [-0.25, -0.2) is 13.6 Å². The van der Waals surface area contributed by atoms with Gasteiger partial charge < -0.3 is 14.7 Å². The summed E-state index contributed by atoms with van der Waals surface area (Å²) in [6.07, 6.45) is -1.12. The molecule has 1 amide bonds. The molecule has 1 N–H and O–H groups in total. The number of piperidine rings is 1. The number of halogens is 2. The molecule has 1 rings (SSSR count). The normalized spacial score (nSPS) is 25.1. The van der Waals surface area contributed by atoms with Crippen molar-refractivity contribution in [1.82, 2.24) is 4.90 Å². The van der Waals surface area contributed by atoms with Gasteiger partial charge in [-0.3, -0.25) is 0 Å². The van der Waals surface area contributed by atoms with Gasteiger partial charge in [0, 0.05) is 25.5 Å². The van der Waals surface area contributed by atoms with E-state index < -0.39 is 24.5 Å². The molecule has 0 aromatic heterocycles. The van der Waals surface area contributed by atoms with Crippen molar-refractivity contribution < 1.29 is 23.4 Å². The second-order valence-electron chi connectivity index (χ2n) is 3.69. The molecule has 0 saturated carbocycles. The number of rotatable bonds is 2. The van der Waals surface area contributed by atoms with Gasteiger partial charge in [0.15, 0.2) is 0 Å². The highest BCUT2D eigenvalue weighted by molar-refractivity contribution is 5.67. The molecule has 1 saturated heterocycles. The first-order chi connectivity index (χ1) is 6.98. The molecular formula is C9H15F2NO3. The van der Waals surface area contributed by atoms with Gasteiger partial charge in [-0.05, 0) is 6.92 Å². The highest BCUT2D eigenvalue weighted by atomic mass is 19.3. The maximum Gasteiger partial charge on any atom is 0.409 e. The molecule has 1 heterocycles. The molecule has 0 bridgehead atoms. The van der Waals surface area contributed by atoms with Crippen LogP contribution in [0.3, 0.4) is 0 Å². The number of amides is 1. The van der Waals surface area contributed by atoms with Gasteiger partial charge >= 0.3 is 6.09 Å². The van der Waals surface area contributed by atoms with E-state index in [2.05, 4.69) is 4.74 Å². The Hall–Kier alpha value is -0.910. The van der Waals surface area contributed by atoms with Crippen molar-refractivity contribution in [2.45, 2.75) is 19.3 Å². The number of ether oxygens (including phenoxy) is 1. The number of alkyl halides is 2. The number of likely N-dealkylation sites (tertiary alicyclic amines) is 1. The number of hydrogen-bond donors (Lipinski definition) is 1. The Balaban J connectivity index is 2.61. The third-order valence-corrected chi connectivity index (χ3v) is 2.27. The number of hydrogen-bond acceptors (Lipinski definition) is 3. The van der Waals surface area contributed by atoms with Crippen LogP contribution in [-0.2, 0) is 4.74 Å². The van der Waals surface area contributed by atoms with Crippen LogP contribution in [0.4, 0.5) is 13.6 Å². The number of nitrogens with zero attached hydrogens (tertiary/aromatic N) is 1. The Morgan fingerprint density at radius 2 is 2.33 bits per heavy atom. The van der Waals surface area contributed by atoms with Crippen LogP contribution < -0.4 is 0 Å². The molecule has 1 atom stereocenters. The largest absolute Gasteiger partial charge is 0.450 e. The molecule has 0 radical (unpaired) electrons. The smallest absolute Gasteiger partial charge is 0.409 e. The van der Waals surface area contributed by atoms with E-state index in [4.69, 9.17) is 5.11 Å². The summed E-state index contributed by atoms with van der Waals surface area (Å²) < 4.78 is 30.9. The minimum Gasteiger partial charge on any atom is -0.450 e. The Morgan fingerprint density at radius 3 is 2.87 bits per heavy atom. The molecule has 0 aliphatic carbocycles. The first kappa shape index (κ1) is 12.2. The highest BCUT2D eigenvalue weighted by Gasteiger charge is 2.42. The van der Waals surface area contributed by atoms with Gasteiger partial charge in [0.25, 0.3) is 5.92 Å². The molecule has 1 aliphatic heterocycles. The third-order valence-electron chi connectivity index (χ3n) is 2.27. The van der Waals surface area contributed by atoms with Crippen molar-refractivity contribution in [3.05, 3.63) is 0 Å². The predicted octanol–water partition coefficient (Wildman–Crippen LogP) is 1.09. The van der Waals surface area contributed by atoms with Gasteiger partial charge in [-0.1, -0.05) is 0 Å². The minimum absolute atomic E-state index is 0.130. The number of aliphatic hydroxyl groups excluding tert-OH is 1. The van der Waals surface area contributed by atoms with E-state index in [9.17, 15) is 13.6 Å². The molecule has 4 nitrogen and oxygen atoms in total. The fourth-order valence-electron chi connectivity index (χ4n) is 1.68. The molecule has 1 fully saturated rings. The monoisotopic (exact) mass is 223 g/mol. The maximum atomic E-state index is 13.1. The second kappa shape index (κ2) is 4.74. The summed E-state index contributed by atoms with van der Waals surface area (Å²) in [5.74, 6) is -3.50. The summed E-state index contributed by atoms with van der Waals surface area (Å²) >= 11 is 0. The van der Waals surface area contributed by atoms with E-state index in [1.165, 1.54) is 0 Å². The SMILES string of the molecule is CCOC(=O)N1CC(CO)CC(F)(F)C1. The maximum absolute atomic E-state index is 13.1. The molecule has 0 aromatic rings. The van der Waals surface area contributed by atoms with Crippen molar-refractivity contribution in [2.24, 2.45) is 5.92 Å². The van der Waals surface area contributed by atoms with E-state index in [1.54, 1.807) is 6.92 Å². The lowest BCUT2D eigenvalue weighted by molar-refractivity contribution is -0.0867. The van der Waals surface area contributed by atoms with Gasteiger partial charge in [0.05, 0.1) is 13.2 Å². The topological polar surface area (TPSA) is 49.8 Å². The Morgan fingerprint density at radius 1 is 1.67 bits per heavy atom. The zero-order valence-electron chi connectivity index (χ0n) is 8.58. The lowest BCUT2D eigenvalue weighted by atomic mass is 9.96. The standard InChI is InChI=1S/C9H15F2NO3/c1-2-15-8(14)12-4-7(5-13)3-9(10,11)6-12/h7,13H,2-6H2,1H3. The van der Waals surface area contributed by atoms with Gasteiger partial charge in [-0.2, -0.15) is 0 Å². The summed E-state index contributed by atoms with van der Waals surface area (Å²) in [5.41, 5.74) is 0. The number of aliphatic hydroxyl groups is 1. The van der Waals surface area contributed by atoms with E-state index in [0.29, 0.717) is 0 Å². The lowest BCUT2D eigenvalue weighted by Gasteiger charge is -2.36. The molecule has 15 heavy (non-hydrogen) atoms. The summed E-state index contributed by atoms with van der Waals surface area (Å²) in [5, 5.41) is 8.84. The molecule has 1 unspecified atom stereocenters. The van der Waals surface area contributed by atoms with Crippen LogP contribution >= 0.6 is 0 Å². The summed E-state index contributed by atoms with van der Waals surface area (Å²) in [6, 6.07) is 0. The lowest BCUT2D eigenvalue weighted by Crippen LogP contribution is -2.50. The van der Waals surface area contributed by atoms with Crippen LogP contribution in [-0.4, -0.2) is 48.3 Å². The van der Waals surface area contributed by atoms with Gasteiger partial charge in [0.2, 0.25) is 0 Å². The van der Waals surface area contributed by atoms with Crippen LogP contribution in [0.1, 0.15) is 13.3 Å². The van der Waals surface area contributed by atoms with E-state index in [0.717, 1.165) is 4.90 Å². The third kappa shape index (κ3) is 3.30. The van der Waals surface area contributed by atoms with Gasteiger partial charge in [-0.15, -0.1) is 0 Å². The average Bonchev–Trinajstić information content (AvgIpc) is 2.15. The molecule has 1 aliphatic rings. The zero-order chi connectivity index (χ0) is 11.5. The van der Waals surface area contributed by atoms with Crippen molar-refractivity contribution in [3.8, 4) is 0 Å². The van der Waals surface area contributed by atoms with E-state index >= 15 is 0 Å². The van der Waals surface area contributed by atoms with Crippen LogP contribution in [0.2, 0.25) is 0 Å². The number of carbonyl (C=O) groups excluding carboxylic acids is 1. The van der Waals surface area contributed by atoms with Crippen molar-refractivity contribution in [2.75, 3.05) is 26.3 Å².